The number of hydrogen-bond donors (Lipinski definition) is 1. The van der Waals surface area contributed by atoms with Crippen molar-refractivity contribution >= 4 is 5.91 Å². The number of piperidine rings is 1. The highest BCUT2D eigenvalue weighted by Crippen LogP contribution is 2.30. The first-order valence-corrected chi connectivity index (χ1v) is 6.07. The minimum Gasteiger partial charge on any atom is -0.507 e. The number of hydrogen-bond acceptors (Lipinski definition) is 2. The van der Waals surface area contributed by atoms with Crippen LogP contribution in [0.3, 0.4) is 0 Å². The van der Waals surface area contributed by atoms with Crippen LogP contribution in [0, 0.1) is 5.41 Å². The van der Waals surface area contributed by atoms with E-state index in [4.69, 9.17) is 0 Å². The molecular formula is C14H19NO2. The van der Waals surface area contributed by atoms with Crippen molar-refractivity contribution in [1.82, 2.24) is 4.90 Å². The maximum atomic E-state index is 12.3. The van der Waals surface area contributed by atoms with Crippen molar-refractivity contribution in [2.75, 3.05) is 13.1 Å². The van der Waals surface area contributed by atoms with Crippen LogP contribution in [0.25, 0.3) is 0 Å². The van der Waals surface area contributed by atoms with Crippen LogP contribution in [-0.4, -0.2) is 29.0 Å². The van der Waals surface area contributed by atoms with E-state index >= 15 is 0 Å². The molecule has 1 aromatic carbocycles. The zero-order valence-electron chi connectivity index (χ0n) is 10.4. The molecule has 0 aromatic heterocycles. The van der Waals surface area contributed by atoms with Crippen LogP contribution in [0.1, 0.15) is 37.0 Å². The smallest absolute Gasteiger partial charge is 0.257 e. The Kier molecular flexibility index (Phi) is 3.09. The van der Waals surface area contributed by atoms with Crippen LogP contribution >= 0.6 is 0 Å². The van der Waals surface area contributed by atoms with Gasteiger partial charge in [-0.15, -0.1) is 0 Å². The fraction of sp³-hybridized carbons (Fsp3) is 0.500. The Morgan fingerprint density at radius 3 is 2.71 bits per heavy atom. The summed E-state index contributed by atoms with van der Waals surface area (Å²) in [5, 5.41) is 9.69. The van der Waals surface area contributed by atoms with Crippen LogP contribution in [-0.2, 0) is 0 Å². The maximum Gasteiger partial charge on any atom is 0.257 e. The van der Waals surface area contributed by atoms with Gasteiger partial charge >= 0.3 is 0 Å². The van der Waals surface area contributed by atoms with Gasteiger partial charge in [0.2, 0.25) is 0 Å². The second-order valence-electron chi connectivity index (χ2n) is 5.51. The molecule has 0 aliphatic carbocycles. The van der Waals surface area contributed by atoms with Gasteiger partial charge in [0.25, 0.3) is 5.91 Å². The molecule has 1 fully saturated rings. The Hall–Kier alpha value is -1.51. The van der Waals surface area contributed by atoms with Gasteiger partial charge in [0.05, 0.1) is 5.56 Å². The van der Waals surface area contributed by atoms with Crippen LogP contribution in [0.15, 0.2) is 24.3 Å². The molecule has 0 atom stereocenters. The molecule has 17 heavy (non-hydrogen) atoms. The highest BCUT2D eigenvalue weighted by atomic mass is 16.3. The van der Waals surface area contributed by atoms with Crippen molar-refractivity contribution in [2.24, 2.45) is 5.41 Å². The van der Waals surface area contributed by atoms with E-state index in [-0.39, 0.29) is 17.1 Å². The largest absolute Gasteiger partial charge is 0.507 e. The molecule has 0 saturated carbocycles. The Morgan fingerprint density at radius 1 is 1.35 bits per heavy atom. The molecule has 1 aliphatic heterocycles. The molecule has 1 aliphatic rings. The quantitative estimate of drug-likeness (QED) is 0.810. The highest BCUT2D eigenvalue weighted by Gasteiger charge is 2.30. The minimum absolute atomic E-state index is 0.0594. The summed E-state index contributed by atoms with van der Waals surface area (Å²) >= 11 is 0. The van der Waals surface area contributed by atoms with Gasteiger partial charge in [-0.1, -0.05) is 26.0 Å². The Morgan fingerprint density at radius 2 is 2.06 bits per heavy atom. The first-order valence-electron chi connectivity index (χ1n) is 6.07. The topological polar surface area (TPSA) is 40.5 Å². The molecule has 0 bridgehead atoms. The molecule has 1 amide bonds. The summed E-state index contributed by atoms with van der Waals surface area (Å²) in [6.07, 6.45) is 2.18. The van der Waals surface area contributed by atoms with Gasteiger partial charge < -0.3 is 10.0 Å². The number of para-hydroxylation sites is 1. The maximum absolute atomic E-state index is 12.3. The molecule has 0 unspecified atom stereocenters. The Labute approximate surface area is 102 Å². The number of carbonyl (C=O) groups excluding carboxylic acids is 1. The summed E-state index contributed by atoms with van der Waals surface area (Å²) in [5.41, 5.74) is 0.586. The number of nitrogens with zero attached hydrogens (tertiary/aromatic N) is 1. The van der Waals surface area contributed by atoms with E-state index in [0.29, 0.717) is 5.56 Å². The average Bonchev–Trinajstić information content (AvgIpc) is 2.27. The predicted molar refractivity (Wildman–Crippen MR) is 67.0 cm³/mol. The number of amides is 1. The average molecular weight is 233 g/mol. The van der Waals surface area contributed by atoms with E-state index in [1.807, 2.05) is 4.90 Å². The molecule has 92 valence electrons. The Bertz CT molecular complexity index is 426. The summed E-state index contributed by atoms with van der Waals surface area (Å²) in [6, 6.07) is 6.75. The summed E-state index contributed by atoms with van der Waals surface area (Å²) in [7, 11) is 0. The number of aromatic hydroxyl groups is 1. The predicted octanol–water partition coefficient (Wildman–Crippen LogP) is 2.65. The first kappa shape index (κ1) is 12.0. The molecule has 1 saturated heterocycles. The van der Waals surface area contributed by atoms with Crippen molar-refractivity contribution in [1.29, 1.82) is 0 Å². The molecule has 3 nitrogen and oxygen atoms in total. The van der Waals surface area contributed by atoms with Gasteiger partial charge in [-0.25, -0.2) is 0 Å². The van der Waals surface area contributed by atoms with Gasteiger partial charge in [0, 0.05) is 13.1 Å². The SMILES string of the molecule is CC1(C)CCCN(C(=O)c2ccccc2O)C1. The van der Waals surface area contributed by atoms with Crippen LogP contribution < -0.4 is 0 Å². The van der Waals surface area contributed by atoms with E-state index in [0.717, 1.165) is 25.9 Å². The molecule has 1 heterocycles. The fourth-order valence-electron chi connectivity index (χ4n) is 2.42. The van der Waals surface area contributed by atoms with Gasteiger partial charge in [0.15, 0.2) is 0 Å². The normalized spacial score (nSPS) is 19.1. The summed E-state index contributed by atoms with van der Waals surface area (Å²) < 4.78 is 0. The van der Waals surface area contributed by atoms with E-state index < -0.39 is 0 Å². The third kappa shape index (κ3) is 2.60. The Balaban J connectivity index is 2.18. The second-order valence-corrected chi connectivity index (χ2v) is 5.51. The van der Waals surface area contributed by atoms with Crippen molar-refractivity contribution in [3.05, 3.63) is 29.8 Å². The third-order valence-corrected chi connectivity index (χ3v) is 3.32. The van der Waals surface area contributed by atoms with Gasteiger partial charge in [-0.05, 0) is 30.4 Å². The van der Waals surface area contributed by atoms with E-state index in [1.165, 1.54) is 0 Å². The van der Waals surface area contributed by atoms with Crippen molar-refractivity contribution in [3.63, 3.8) is 0 Å². The molecule has 1 N–H and O–H groups in total. The van der Waals surface area contributed by atoms with Crippen LogP contribution in [0.5, 0.6) is 5.75 Å². The fourth-order valence-corrected chi connectivity index (χ4v) is 2.42. The first-order chi connectivity index (χ1) is 7.99. The lowest BCUT2D eigenvalue weighted by Gasteiger charge is -2.38. The van der Waals surface area contributed by atoms with Crippen molar-refractivity contribution in [2.45, 2.75) is 26.7 Å². The summed E-state index contributed by atoms with van der Waals surface area (Å²) in [4.78, 5) is 14.1. The van der Waals surface area contributed by atoms with Crippen LogP contribution in [0.4, 0.5) is 0 Å². The molecule has 3 heteroatoms. The molecular weight excluding hydrogens is 214 g/mol. The standard InChI is InChI=1S/C14H19NO2/c1-14(2)8-5-9-15(10-14)13(17)11-6-3-4-7-12(11)16/h3-4,6-7,16H,5,8-10H2,1-2H3. The number of rotatable bonds is 1. The van der Waals surface area contributed by atoms with Crippen molar-refractivity contribution < 1.29 is 9.90 Å². The zero-order chi connectivity index (χ0) is 12.5. The second kappa shape index (κ2) is 4.40. The lowest BCUT2D eigenvalue weighted by molar-refractivity contribution is 0.0580. The number of carbonyl (C=O) groups is 1. The lowest BCUT2D eigenvalue weighted by atomic mass is 9.84. The number of benzene rings is 1. The lowest BCUT2D eigenvalue weighted by Crippen LogP contribution is -2.43. The van der Waals surface area contributed by atoms with Gasteiger partial charge in [-0.3, -0.25) is 4.79 Å². The van der Waals surface area contributed by atoms with Gasteiger partial charge in [0.1, 0.15) is 5.75 Å². The number of likely N-dealkylation sites (tertiary alicyclic amines) is 1. The molecule has 0 spiro atoms. The van der Waals surface area contributed by atoms with E-state index in [9.17, 15) is 9.90 Å². The minimum atomic E-state index is -0.0594. The molecule has 1 aromatic rings. The van der Waals surface area contributed by atoms with Crippen LogP contribution in [0.2, 0.25) is 0 Å². The summed E-state index contributed by atoms with van der Waals surface area (Å²) in [5.74, 6) is 0.0109. The number of phenols is 1. The summed E-state index contributed by atoms with van der Waals surface area (Å²) in [6.45, 7) is 5.91. The van der Waals surface area contributed by atoms with Gasteiger partial charge in [-0.2, -0.15) is 0 Å². The monoisotopic (exact) mass is 233 g/mol. The van der Waals surface area contributed by atoms with E-state index in [2.05, 4.69) is 13.8 Å². The zero-order valence-corrected chi connectivity index (χ0v) is 10.4. The highest BCUT2D eigenvalue weighted by molar-refractivity contribution is 5.96. The third-order valence-electron chi connectivity index (χ3n) is 3.32. The number of phenolic OH excluding ortho intramolecular Hbond substituents is 1. The molecule has 2 rings (SSSR count). The molecule has 0 radical (unpaired) electrons. The van der Waals surface area contributed by atoms with Crippen molar-refractivity contribution in [3.8, 4) is 5.75 Å². The van der Waals surface area contributed by atoms with E-state index in [1.54, 1.807) is 24.3 Å².